The summed E-state index contributed by atoms with van der Waals surface area (Å²) < 4.78 is 0. The molecule has 1 N–H and O–H groups in total. The molecule has 0 saturated carbocycles. The second kappa shape index (κ2) is 17.9. The predicted octanol–water partition coefficient (Wildman–Crippen LogP) is 5.76. The van der Waals surface area contributed by atoms with Gasteiger partial charge in [-0.05, 0) is 38.0 Å². The van der Waals surface area contributed by atoms with Crippen molar-refractivity contribution in [2.75, 3.05) is 31.5 Å². The van der Waals surface area contributed by atoms with Gasteiger partial charge in [-0.2, -0.15) is 0 Å². The van der Waals surface area contributed by atoms with Gasteiger partial charge in [0.1, 0.15) is 6.29 Å². The fourth-order valence-electron chi connectivity index (χ4n) is 4.67. The third-order valence-electron chi connectivity index (χ3n) is 6.81. The van der Waals surface area contributed by atoms with Crippen molar-refractivity contribution in [3.8, 4) is 0 Å². The monoisotopic (exact) mass is 1150 g/mol. The van der Waals surface area contributed by atoms with Gasteiger partial charge in [-0.1, -0.05) is 60.9 Å². The van der Waals surface area contributed by atoms with Gasteiger partial charge >= 0.3 is 0 Å². The Hall–Kier alpha value is 1.03. The van der Waals surface area contributed by atoms with E-state index < -0.39 is 5.54 Å². The first-order valence-electron chi connectivity index (χ1n) is 12.1. The van der Waals surface area contributed by atoms with Crippen LogP contribution in [0.1, 0.15) is 53.3 Å². The number of ketones is 2. The van der Waals surface area contributed by atoms with E-state index in [1.54, 1.807) is 24.3 Å². The molecule has 3 radical (unpaired) electrons. The first-order valence-corrected chi connectivity index (χ1v) is 12.1. The Morgan fingerprint density at radius 1 is 0.895 bits per heavy atom. The average molecular weight is 1150 g/mol. The SMILES string of the molecule is CC(=O)c1ccccc1[N-]C1(C=O)CC[N-]CC1.O=C1C=CC2(CC[N-]CC2)Nc2ccccc21.[Ac].[Ac].[Ac]. The molecule has 3 heterocycles. The van der Waals surface area contributed by atoms with Crippen molar-refractivity contribution < 1.29 is 147 Å². The fraction of sp³-hybridized carbons (Fsp3) is 0.393. The topological polar surface area (TPSA) is 106 Å². The van der Waals surface area contributed by atoms with Gasteiger partial charge in [0.05, 0.1) is 5.54 Å². The number of carbonyl (C=O) groups excluding carboxylic acids is 3. The molecule has 0 aromatic heterocycles. The predicted molar refractivity (Wildman–Crippen MR) is 139 cm³/mol. The van der Waals surface area contributed by atoms with E-state index in [1.165, 1.54) is 6.92 Å². The van der Waals surface area contributed by atoms with Gasteiger partial charge in [-0.3, -0.25) is 9.59 Å². The standard InChI is InChI=1S/C14H17N2O2.C14H15N2O.3Ac/c1-11(18)12-4-2-3-5-13(12)16-14(10-17)6-8-15-9-7-14;17-13-5-6-14(7-9-15-10-8-14)16-12-4-2-1-3-11(12)13;;;/h2-5,10H,6-9H2,1H3,(H,16,18);1-6,16H,7-10H2;;;/q2*-1;;;/p-1. The van der Waals surface area contributed by atoms with Crippen LogP contribution in [-0.4, -0.2) is 55.1 Å². The van der Waals surface area contributed by atoms with Crippen LogP contribution >= 0.6 is 0 Å². The van der Waals surface area contributed by atoms with Gasteiger partial charge in [0.15, 0.2) is 11.6 Å². The van der Waals surface area contributed by atoms with Gasteiger partial charge < -0.3 is 26.1 Å². The third kappa shape index (κ3) is 9.80. The minimum atomic E-state index is -0.701. The second-order valence-corrected chi connectivity index (χ2v) is 9.27. The van der Waals surface area contributed by atoms with Gasteiger partial charge in [0.2, 0.25) is 0 Å². The number of aldehydes is 1. The summed E-state index contributed by atoms with van der Waals surface area (Å²) >= 11 is 0. The molecule has 0 aliphatic carbocycles. The van der Waals surface area contributed by atoms with Crippen molar-refractivity contribution in [1.29, 1.82) is 0 Å². The Morgan fingerprint density at radius 2 is 1.47 bits per heavy atom. The summed E-state index contributed by atoms with van der Waals surface area (Å²) in [5, 5.41) is 16.7. The number of nitrogens with zero attached hydrogens (tertiary/aromatic N) is 3. The minimum absolute atomic E-state index is 0. The molecule has 2 aromatic rings. The van der Waals surface area contributed by atoms with Crippen LogP contribution < -0.4 is 5.32 Å². The van der Waals surface area contributed by atoms with Gasteiger partial charge in [0.25, 0.3) is 0 Å². The number of fused-ring (bicyclic) bond motifs is 1. The molecule has 1 spiro atoms. The second-order valence-electron chi connectivity index (χ2n) is 9.27. The molecule has 0 atom stereocenters. The zero-order valence-corrected chi connectivity index (χ0v) is 36.0. The van der Waals surface area contributed by atoms with E-state index in [0.717, 1.165) is 43.5 Å². The fourth-order valence-corrected chi connectivity index (χ4v) is 4.67. The molecule has 5 rings (SSSR count). The maximum atomic E-state index is 12.0. The first-order chi connectivity index (χ1) is 17.0. The molecule has 3 aliphatic heterocycles. The quantitative estimate of drug-likeness (QED) is 0.311. The molecule has 193 valence electrons. The molecule has 0 bridgehead atoms. The van der Waals surface area contributed by atoms with Crippen molar-refractivity contribution >= 4 is 29.2 Å². The summed E-state index contributed by atoms with van der Waals surface area (Å²) in [5.41, 5.74) is 2.12. The number of nitrogens with one attached hydrogen (secondary N) is 1. The molecule has 0 amide bonds. The van der Waals surface area contributed by atoms with E-state index in [1.807, 2.05) is 36.4 Å². The Balaban J connectivity index is 0.000000352. The van der Waals surface area contributed by atoms with Crippen molar-refractivity contribution in [2.24, 2.45) is 0 Å². The maximum Gasteiger partial charge on any atom is 0.187 e. The van der Waals surface area contributed by atoms with E-state index in [4.69, 9.17) is 0 Å². The Kier molecular flexibility index (Phi) is 17.4. The normalized spacial score (nSPS) is 18.3. The number of Topliss-reactive ketones (excluding diaryl/α,β-unsaturated/α-hetero) is 1. The van der Waals surface area contributed by atoms with Crippen LogP contribution in [0.5, 0.6) is 0 Å². The van der Waals surface area contributed by atoms with Gasteiger partial charge in [-0.15, -0.1) is 31.9 Å². The van der Waals surface area contributed by atoms with Crippen molar-refractivity contribution in [1.82, 2.24) is 0 Å². The van der Waals surface area contributed by atoms with E-state index in [9.17, 15) is 14.4 Å². The molecular formula is C28H31Ac3N4O3-3. The third-order valence-corrected chi connectivity index (χ3v) is 6.81. The maximum absolute atomic E-state index is 12.0. The number of hydrogen-bond donors (Lipinski definition) is 1. The summed E-state index contributed by atoms with van der Waals surface area (Å²) in [4.78, 5) is 34.9. The molecule has 0 unspecified atom stereocenters. The van der Waals surface area contributed by atoms with Crippen LogP contribution in [0.2, 0.25) is 0 Å². The largest absolute Gasteiger partial charge is 0.673 e. The molecule has 10 heteroatoms. The number of piperidine rings is 2. The number of allylic oxidation sites excluding steroid dienone is 1. The molecule has 2 aromatic carbocycles. The van der Waals surface area contributed by atoms with Crippen LogP contribution in [0.25, 0.3) is 16.0 Å². The molecular weight excluding hydrogens is 1120 g/mol. The molecule has 2 fully saturated rings. The minimum Gasteiger partial charge on any atom is -0.673 e. The van der Waals surface area contributed by atoms with E-state index in [-0.39, 0.29) is 149 Å². The van der Waals surface area contributed by atoms with E-state index in [0.29, 0.717) is 37.2 Å². The molecule has 3 aliphatic rings. The summed E-state index contributed by atoms with van der Waals surface area (Å²) in [6, 6.07) is 14.9. The smallest absolute Gasteiger partial charge is 0.187 e. The summed E-state index contributed by atoms with van der Waals surface area (Å²) in [6.07, 6.45) is 7.83. The van der Waals surface area contributed by atoms with Crippen molar-refractivity contribution in [3.63, 3.8) is 0 Å². The summed E-state index contributed by atoms with van der Waals surface area (Å²) in [7, 11) is 0. The number of rotatable bonds is 4. The Bertz CT molecular complexity index is 1110. The van der Waals surface area contributed by atoms with Crippen molar-refractivity contribution in [2.45, 2.75) is 43.7 Å². The summed E-state index contributed by atoms with van der Waals surface area (Å²) in [5.74, 6) is 0.0587. The Labute approximate surface area is 332 Å². The van der Waals surface area contributed by atoms with Crippen LogP contribution in [0.3, 0.4) is 0 Å². The zero-order valence-electron chi connectivity index (χ0n) is 21.8. The number of carbonyl (C=O) groups is 3. The van der Waals surface area contributed by atoms with Gasteiger partial charge in [-0.25, -0.2) is 0 Å². The van der Waals surface area contributed by atoms with E-state index >= 15 is 0 Å². The van der Waals surface area contributed by atoms with Crippen molar-refractivity contribution in [3.05, 3.63) is 87.8 Å². The van der Waals surface area contributed by atoms with Crippen LogP contribution in [0, 0.1) is 132 Å². The molecule has 7 nitrogen and oxygen atoms in total. The van der Waals surface area contributed by atoms with Crippen LogP contribution in [-0.2, 0) is 4.79 Å². The number of anilines is 1. The van der Waals surface area contributed by atoms with Crippen LogP contribution in [0.4, 0.5) is 11.4 Å². The Morgan fingerprint density at radius 3 is 2.11 bits per heavy atom. The number of hydrogen-bond acceptors (Lipinski definition) is 4. The zero-order chi connectivity index (χ0) is 24.7. The average Bonchev–Trinajstić information content (AvgIpc) is 3.02. The summed E-state index contributed by atoms with van der Waals surface area (Å²) in [6.45, 7) is 4.56. The number of benzene rings is 2. The molecule has 2 saturated heterocycles. The first kappa shape index (κ1) is 37.1. The van der Waals surface area contributed by atoms with Crippen LogP contribution in [0.15, 0.2) is 60.7 Å². The number of para-hydroxylation sites is 2. The van der Waals surface area contributed by atoms with E-state index in [2.05, 4.69) is 21.3 Å². The molecule has 38 heavy (non-hydrogen) atoms. The van der Waals surface area contributed by atoms with Gasteiger partial charge in [0, 0.05) is 149 Å².